The van der Waals surface area contributed by atoms with E-state index in [4.69, 9.17) is 4.42 Å². The van der Waals surface area contributed by atoms with Crippen LogP contribution in [0.25, 0.3) is 77.6 Å². The Hall–Kier alpha value is -13.1. The molecule has 0 radical (unpaired) electrons. The number of hydrogen-bond donors (Lipinski definition) is 0. The van der Waals surface area contributed by atoms with Gasteiger partial charge in [0.1, 0.15) is 5.58 Å². The van der Waals surface area contributed by atoms with Crippen molar-refractivity contribution in [1.29, 1.82) is 0 Å². The second-order valence-electron chi connectivity index (χ2n) is 28.7. The zero-order valence-electron chi connectivity index (χ0n) is 57.6. The molecule has 1 heterocycles. The number of rotatable bonds is 11. The van der Waals surface area contributed by atoms with Crippen LogP contribution in [-0.2, 0) is 16.2 Å². The Balaban J connectivity index is 0.729. The van der Waals surface area contributed by atoms with Gasteiger partial charge in [0.15, 0.2) is 5.58 Å². The summed E-state index contributed by atoms with van der Waals surface area (Å²) in [4.78, 5) is 4.91. The molecule has 0 N–H and O–H groups in total. The molecule has 0 fully saturated rings. The number of nitrogens with zero attached hydrogens (tertiary/aromatic N) is 2. The molecule has 104 heavy (non-hydrogen) atoms. The molecule has 21 rings (SSSR count). The second kappa shape index (κ2) is 23.0. The average Bonchev–Trinajstić information content (AvgIpc) is 1.68. The van der Waals surface area contributed by atoms with Crippen LogP contribution in [0.15, 0.2) is 381 Å². The monoisotopic (exact) mass is 1320 g/mol. The van der Waals surface area contributed by atoms with Gasteiger partial charge < -0.3 is 14.2 Å². The lowest BCUT2D eigenvalue weighted by Gasteiger charge is -2.36. The van der Waals surface area contributed by atoms with Crippen molar-refractivity contribution in [2.75, 3.05) is 9.80 Å². The SMILES string of the molecule is Cc1ccc2c(c1)C(c1ccccc1)(c1ccccc1)c1cc(N(c3ccc(-c4ccc(N(c5ccc6c(c5)-c5ccccc5C65c6ccccc6-c6ccccc65)c5cccc6c5oc5ccccc56)cc4)cc3)c3ccc4c(c3)C(c3ccccc3)(c3ccccc3)c3cc(C)ccc3-4)ccc1-2. The van der Waals surface area contributed by atoms with Gasteiger partial charge in [0.25, 0.3) is 0 Å². The van der Waals surface area contributed by atoms with Gasteiger partial charge in [-0.1, -0.05) is 314 Å². The predicted octanol–water partition coefficient (Wildman–Crippen LogP) is 25.9. The third-order valence-corrected chi connectivity index (χ3v) is 23.3. The number of hydrogen-bond acceptors (Lipinski definition) is 3. The highest BCUT2D eigenvalue weighted by molar-refractivity contribution is 6.11. The van der Waals surface area contributed by atoms with E-state index in [0.717, 1.165) is 67.2 Å². The van der Waals surface area contributed by atoms with Crippen molar-refractivity contribution in [2.24, 2.45) is 0 Å². The smallest absolute Gasteiger partial charge is 0.159 e. The number of furan rings is 1. The van der Waals surface area contributed by atoms with Gasteiger partial charge in [-0.2, -0.15) is 0 Å². The number of benzene rings is 16. The lowest BCUT2D eigenvalue weighted by Crippen LogP contribution is -2.29. The summed E-state index contributed by atoms with van der Waals surface area (Å²) in [7, 11) is 0. The summed E-state index contributed by atoms with van der Waals surface area (Å²) in [6.07, 6.45) is 0. The Bertz CT molecular complexity index is 6000. The van der Waals surface area contributed by atoms with E-state index < -0.39 is 16.2 Å². The maximum Gasteiger partial charge on any atom is 0.159 e. The molecular formula is C101H68N2O. The molecule has 16 aromatic carbocycles. The van der Waals surface area contributed by atoms with Crippen molar-refractivity contribution in [3.05, 3.63) is 454 Å². The van der Waals surface area contributed by atoms with Gasteiger partial charge in [-0.25, -0.2) is 0 Å². The Morgan fingerprint density at radius 1 is 0.221 bits per heavy atom. The fourth-order valence-electron chi connectivity index (χ4n) is 19.1. The third kappa shape index (κ3) is 8.41. The fraction of sp³-hybridized carbons (Fsp3) is 0.0495. The minimum absolute atomic E-state index is 0.456. The fourth-order valence-corrected chi connectivity index (χ4v) is 19.1. The third-order valence-electron chi connectivity index (χ3n) is 23.3. The normalized spacial score (nSPS) is 13.9. The van der Waals surface area contributed by atoms with Crippen molar-refractivity contribution >= 4 is 56.1 Å². The molecule has 0 amide bonds. The zero-order chi connectivity index (χ0) is 68.8. The van der Waals surface area contributed by atoms with Crippen molar-refractivity contribution < 1.29 is 4.42 Å². The number of aryl methyl sites for hydroxylation is 2. The van der Waals surface area contributed by atoms with E-state index in [-0.39, 0.29) is 0 Å². The topological polar surface area (TPSA) is 19.6 Å². The summed E-state index contributed by atoms with van der Waals surface area (Å²) in [5.41, 5.74) is 36.4. The highest BCUT2D eigenvalue weighted by Crippen LogP contribution is 2.65. The standard InChI is InChI=1S/C101H68N2O/c1-65-42-55-81-83-57-52-76(63-94(83)99(92(81)60-65,69-24-7-3-8-25-69)70-26-9-4-10-27-70)102(77-53-58-84-82-56-43-66(2)61-93(82)100(95(84)64-77,71-28-11-5-12-29-71)72-30-13-6-14-31-72)73-48-44-67(45-49-73)68-46-50-74(51-47-68)103(96-40-23-36-86-85-35-18-22-41-97(85)104-98(86)96)75-54-59-91-87(62-75)80-34-17-21-39-90(80)101(91)88-37-19-15-32-78(88)79-33-16-20-38-89(79)101/h3-64H,1-2H3. The van der Waals surface area contributed by atoms with Crippen LogP contribution < -0.4 is 9.80 Å². The van der Waals surface area contributed by atoms with Crippen molar-refractivity contribution in [3.8, 4) is 55.6 Å². The van der Waals surface area contributed by atoms with Crippen LogP contribution in [-0.4, -0.2) is 0 Å². The first-order valence-corrected chi connectivity index (χ1v) is 36.3. The van der Waals surface area contributed by atoms with Gasteiger partial charge in [0, 0.05) is 39.2 Å². The molecule has 4 aliphatic rings. The Morgan fingerprint density at radius 3 is 1.05 bits per heavy atom. The van der Waals surface area contributed by atoms with E-state index in [9.17, 15) is 0 Å². The number of anilines is 6. The Morgan fingerprint density at radius 2 is 0.567 bits per heavy atom. The molecular weight excluding hydrogens is 1260 g/mol. The summed E-state index contributed by atoms with van der Waals surface area (Å²) in [5.74, 6) is 0. The molecule has 4 aliphatic carbocycles. The van der Waals surface area contributed by atoms with Gasteiger partial charge in [0.2, 0.25) is 0 Å². The molecule has 1 spiro atoms. The molecule has 3 nitrogen and oxygen atoms in total. The Labute approximate surface area is 606 Å². The Kier molecular flexibility index (Phi) is 13.2. The van der Waals surface area contributed by atoms with Gasteiger partial charge >= 0.3 is 0 Å². The van der Waals surface area contributed by atoms with E-state index in [0.29, 0.717) is 0 Å². The number of fused-ring (bicyclic) bond motifs is 19. The predicted molar refractivity (Wildman–Crippen MR) is 429 cm³/mol. The molecule has 0 aliphatic heterocycles. The van der Waals surface area contributed by atoms with Crippen LogP contribution in [0.3, 0.4) is 0 Å². The van der Waals surface area contributed by atoms with Crippen LogP contribution in [0.2, 0.25) is 0 Å². The van der Waals surface area contributed by atoms with E-state index in [2.05, 4.69) is 400 Å². The minimum atomic E-state index is -0.609. The molecule has 0 unspecified atom stereocenters. The molecule has 0 bridgehead atoms. The van der Waals surface area contributed by atoms with E-state index in [1.165, 1.54) is 122 Å². The van der Waals surface area contributed by atoms with Crippen molar-refractivity contribution in [2.45, 2.75) is 30.1 Å². The first kappa shape index (κ1) is 59.8. The summed E-state index contributed by atoms with van der Waals surface area (Å²) in [6.45, 7) is 4.45. The molecule has 3 heteroatoms. The van der Waals surface area contributed by atoms with E-state index in [1.54, 1.807) is 0 Å². The average molecular weight is 1330 g/mol. The molecule has 488 valence electrons. The molecule has 0 atom stereocenters. The quantitative estimate of drug-likeness (QED) is 0.129. The van der Waals surface area contributed by atoms with Crippen LogP contribution in [0.4, 0.5) is 34.1 Å². The van der Waals surface area contributed by atoms with Gasteiger partial charge in [-0.05, 0) is 209 Å². The minimum Gasteiger partial charge on any atom is -0.454 e. The largest absolute Gasteiger partial charge is 0.454 e. The zero-order valence-corrected chi connectivity index (χ0v) is 57.6. The number of para-hydroxylation sites is 2. The molecule has 0 saturated carbocycles. The van der Waals surface area contributed by atoms with E-state index in [1.807, 2.05) is 0 Å². The van der Waals surface area contributed by atoms with Crippen LogP contribution >= 0.6 is 0 Å². The van der Waals surface area contributed by atoms with Gasteiger partial charge in [-0.15, -0.1) is 0 Å². The highest BCUT2D eigenvalue weighted by Gasteiger charge is 2.53. The lowest BCUT2D eigenvalue weighted by molar-refractivity contribution is 0.669. The first-order chi connectivity index (χ1) is 51.4. The summed E-state index contributed by atoms with van der Waals surface area (Å²) in [6, 6.07) is 141. The van der Waals surface area contributed by atoms with Crippen LogP contribution in [0.5, 0.6) is 0 Å². The first-order valence-electron chi connectivity index (χ1n) is 36.3. The second-order valence-corrected chi connectivity index (χ2v) is 28.7. The maximum absolute atomic E-state index is 6.94. The summed E-state index contributed by atoms with van der Waals surface area (Å²) >= 11 is 0. The van der Waals surface area contributed by atoms with E-state index >= 15 is 0 Å². The molecule has 0 saturated heterocycles. The van der Waals surface area contributed by atoms with Gasteiger partial charge in [0.05, 0.1) is 21.9 Å². The summed E-state index contributed by atoms with van der Waals surface area (Å²) < 4.78 is 6.94. The van der Waals surface area contributed by atoms with Crippen LogP contribution in [0, 0.1) is 13.8 Å². The lowest BCUT2D eigenvalue weighted by atomic mass is 9.67. The van der Waals surface area contributed by atoms with Gasteiger partial charge in [-0.3, -0.25) is 0 Å². The van der Waals surface area contributed by atoms with Crippen LogP contribution in [0.1, 0.15) is 77.9 Å². The van der Waals surface area contributed by atoms with Crippen molar-refractivity contribution in [1.82, 2.24) is 0 Å². The van der Waals surface area contributed by atoms with Crippen molar-refractivity contribution in [3.63, 3.8) is 0 Å². The molecule has 17 aromatic rings. The maximum atomic E-state index is 6.94. The summed E-state index contributed by atoms with van der Waals surface area (Å²) in [5, 5.41) is 2.18. The highest BCUT2D eigenvalue weighted by atomic mass is 16.3. The molecule has 1 aromatic heterocycles.